The zero-order valence-electron chi connectivity index (χ0n) is 13.2. The van der Waals surface area contributed by atoms with E-state index in [9.17, 15) is 4.79 Å². The number of halogens is 1. The Labute approximate surface area is 156 Å². The predicted molar refractivity (Wildman–Crippen MR) is 102 cm³/mol. The molecule has 3 aromatic rings. The van der Waals surface area contributed by atoms with E-state index in [0.29, 0.717) is 12.2 Å². The molecule has 0 fully saturated rings. The molecular weight excluding hydrogens is 408 g/mol. The normalized spacial score (nSPS) is 10.6. The number of hydrogen-bond acceptors (Lipinski definition) is 5. The van der Waals surface area contributed by atoms with Crippen molar-refractivity contribution in [2.45, 2.75) is 6.54 Å². The number of thiophene rings is 1. The molecule has 0 atom stereocenters. The molecule has 0 saturated heterocycles. The lowest BCUT2D eigenvalue weighted by atomic mass is 10.2. The highest BCUT2D eigenvalue weighted by Gasteiger charge is 2.17. The molecule has 7 heteroatoms. The number of aromatic nitrogens is 1. The fourth-order valence-corrected chi connectivity index (χ4v) is 4.48. The first-order valence-electron chi connectivity index (χ1n) is 7.15. The van der Waals surface area contributed by atoms with Crippen LogP contribution in [0.3, 0.4) is 0 Å². The van der Waals surface area contributed by atoms with Crippen molar-refractivity contribution < 1.29 is 9.53 Å². The molecule has 1 amide bonds. The third kappa shape index (κ3) is 3.85. The Bertz CT molecular complexity index is 842. The van der Waals surface area contributed by atoms with Crippen molar-refractivity contribution in [2.75, 3.05) is 14.2 Å². The van der Waals surface area contributed by atoms with Crippen LogP contribution in [0.15, 0.2) is 45.6 Å². The van der Waals surface area contributed by atoms with Crippen molar-refractivity contribution in [3.63, 3.8) is 0 Å². The largest absolute Gasteiger partial charge is 0.497 e. The second-order valence-electron chi connectivity index (χ2n) is 5.18. The van der Waals surface area contributed by atoms with Gasteiger partial charge in [0.05, 0.1) is 12.0 Å². The van der Waals surface area contributed by atoms with Crippen LogP contribution >= 0.6 is 38.6 Å². The average molecular weight is 423 g/mol. The molecule has 24 heavy (non-hydrogen) atoms. The van der Waals surface area contributed by atoms with Crippen molar-refractivity contribution in [2.24, 2.45) is 0 Å². The van der Waals surface area contributed by atoms with Crippen molar-refractivity contribution in [3.8, 4) is 15.6 Å². The van der Waals surface area contributed by atoms with Crippen LogP contribution in [0.4, 0.5) is 0 Å². The summed E-state index contributed by atoms with van der Waals surface area (Å²) in [6.45, 7) is 0.528. The highest BCUT2D eigenvalue weighted by Crippen LogP contribution is 2.32. The number of carbonyl (C=O) groups excluding carboxylic acids is 1. The van der Waals surface area contributed by atoms with E-state index in [2.05, 4.69) is 20.9 Å². The fraction of sp³-hybridized carbons (Fsp3) is 0.176. The minimum atomic E-state index is -0.0797. The van der Waals surface area contributed by atoms with Crippen molar-refractivity contribution in [3.05, 3.63) is 56.8 Å². The monoisotopic (exact) mass is 422 g/mol. The minimum absolute atomic E-state index is 0.0797. The first kappa shape index (κ1) is 17.1. The van der Waals surface area contributed by atoms with Gasteiger partial charge in [0.2, 0.25) is 0 Å². The summed E-state index contributed by atoms with van der Waals surface area (Å²) in [5.74, 6) is 0.725. The molecule has 0 N–H and O–H groups in total. The number of benzene rings is 1. The average Bonchev–Trinajstić information content (AvgIpc) is 3.23. The summed E-state index contributed by atoms with van der Waals surface area (Å²) in [6, 6.07) is 9.71. The summed E-state index contributed by atoms with van der Waals surface area (Å²) in [5, 5.41) is 4.69. The van der Waals surface area contributed by atoms with Gasteiger partial charge in [0, 0.05) is 28.8 Å². The van der Waals surface area contributed by atoms with Crippen molar-refractivity contribution in [1.82, 2.24) is 9.88 Å². The maximum Gasteiger partial charge on any atom is 0.273 e. The third-order valence-electron chi connectivity index (χ3n) is 3.43. The second kappa shape index (κ2) is 7.46. The van der Waals surface area contributed by atoms with Gasteiger partial charge in [0.15, 0.2) is 0 Å². The van der Waals surface area contributed by atoms with Gasteiger partial charge in [0.1, 0.15) is 16.5 Å². The lowest BCUT2D eigenvalue weighted by molar-refractivity contribution is 0.0780. The Morgan fingerprint density at radius 3 is 2.62 bits per heavy atom. The number of rotatable bonds is 5. The Morgan fingerprint density at radius 1 is 1.25 bits per heavy atom. The van der Waals surface area contributed by atoms with Gasteiger partial charge >= 0.3 is 0 Å². The molecule has 0 radical (unpaired) electrons. The van der Waals surface area contributed by atoms with Gasteiger partial charge in [-0.3, -0.25) is 4.79 Å². The van der Waals surface area contributed by atoms with Crippen LogP contribution in [0, 0.1) is 0 Å². The SMILES string of the molecule is COc1ccc(CN(C)C(=O)c2csc(-c3cc(Br)cs3)n2)cc1. The van der Waals surface area contributed by atoms with Crippen LogP contribution in [-0.2, 0) is 6.54 Å². The molecule has 0 saturated carbocycles. The Morgan fingerprint density at radius 2 is 2.00 bits per heavy atom. The molecule has 0 spiro atoms. The zero-order valence-corrected chi connectivity index (χ0v) is 16.4. The highest BCUT2D eigenvalue weighted by atomic mass is 79.9. The third-order valence-corrected chi connectivity index (χ3v) is 6.13. The van der Waals surface area contributed by atoms with Gasteiger partial charge in [-0.1, -0.05) is 12.1 Å². The molecule has 2 heterocycles. The molecule has 4 nitrogen and oxygen atoms in total. The number of nitrogens with zero attached hydrogens (tertiary/aromatic N) is 2. The lowest BCUT2D eigenvalue weighted by Gasteiger charge is -2.16. The van der Waals surface area contributed by atoms with Gasteiger partial charge in [0.25, 0.3) is 5.91 Å². The van der Waals surface area contributed by atoms with Crippen molar-refractivity contribution >= 4 is 44.5 Å². The first-order valence-corrected chi connectivity index (χ1v) is 9.70. The maximum atomic E-state index is 12.6. The molecule has 3 rings (SSSR count). The lowest BCUT2D eigenvalue weighted by Crippen LogP contribution is -2.26. The number of carbonyl (C=O) groups is 1. The minimum Gasteiger partial charge on any atom is -0.497 e. The van der Waals surface area contributed by atoms with Gasteiger partial charge < -0.3 is 9.64 Å². The molecular formula is C17H15BrN2O2S2. The predicted octanol–water partition coefficient (Wildman–Crippen LogP) is 4.91. The van der Waals surface area contributed by atoms with Crippen molar-refractivity contribution in [1.29, 1.82) is 0 Å². The van der Waals surface area contributed by atoms with E-state index in [-0.39, 0.29) is 5.91 Å². The van der Waals surface area contributed by atoms with Gasteiger partial charge in [-0.15, -0.1) is 22.7 Å². The van der Waals surface area contributed by atoms with Crippen LogP contribution < -0.4 is 4.74 Å². The van der Waals surface area contributed by atoms with E-state index in [4.69, 9.17) is 4.74 Å². The molecule has 0 aliphatic heterocycles. The second-order valence-corrected chi connectivity index (χ2v) is 7.86. The van der Waals surface area contributed by atoms with E-state index in [1.165, 1.54) is 11.3 Å². The molecule has 2 aromatic heterocycles. The Hall–Kier alpha value is -1.70. The van der Waals surface area contributed by atoms with Crippen LogP contribution in [0.5, 0.6) is 5.75 Å². The summed E-state index contributed by atoms with van der Waals surface area (Å²) in [6.07, 6.45) is 0. The number of methoxy groups -OCH3 is 1. The topological polar surface area (TPSA) is 42.4 Å². The van der Waals surface area contributed by atoms with Crippen LogP contribution in [0.1, 0.15) is 16.1 Å². The van der Waals surface area contributed by atoms with Crippen LogP contribution in [0.2, 0.25) is 0 Å². The standard InChI is InChI=1S/C17H15BrN2O2S2/c1-20(8-11-3-5-13(22-2)6-4-11)17(21)14-10-24-16(19-14)15-7-12(18)9-23-15/h3-7,9-10H,8H2,1-2H3. The van der Waals surface area contributed by atoms with Crippen LogP contribution in [0.25, 0.3) is 9.88 Å². The first-order chi connectivity index (χ1) is 11.6. The van der Waals surface area contributed by atoms with Gasteiger partial charge in [-0.2, -0.15) is 0 Å². The summed E-state index contributed by atoms with van der Waals surface area (Å²) < 4.78 is 6.18. The zero-order chi connectivity index (χ0) is 17.1. The van der Waals surface area contributed by atoms with E-state index in [1.807, 2.05) is 41.1 Å². The fourth-order valence-electron chi connectivity index (χ4n) is 2.18. The maximum absolute atomic E-state index is 12.6. The molecule has 0 unspecified atom stereocenters. The molecule has 124 valence electrons. The quantitative estimate of drug-likeness (QED) is 0.586. The summed E-state index contributed by atoms with van der Waals surface area (Å²) in [4.78, 5) is 19.8. The van der Waals surface area contributed by atoms with Gasteiger partial charge in [-0.25, -0.2) is 4.98 Å². The highest BCUT2D eigenvalue weighted by molar-refractivity contribution is 9.10. The summed E-state index contributed by atoms with van der Waals surface area (Å²) in [7, 11) is 3.42. The Balaban J connectivity index is 1.70. The van der Waals surface area contributed by atoms with E-state index in [1.54, 1.807) is 30.4 Å². The molecule has 0 bridgehead atoms. The van der Waals surface area contributed by atoms with E-state index >= 15 is 0 Å². The molecule has 0 aliphatic rings. The number of amides is 1. The van der Waals surface area contributed by atoms with E-state index < -0.39 is 0 Å². The van der Waals surface area contributed by atoms with Gasteiger partial charge in [-0.05, 0) is 39.7 Å². The Kier molecular flexibility index (Phi) is 5.33. The van der Waals surface area contributed by atoms with Crippen LogP contribution in [-0.4, -0.2) is 29.9 Å². The number of hydrogen-bond donors (Lipinski definition) is 0. The molecule has 1 aromatic carbocycles. The van der Waals surface area contributed by atoms with E-state index in [0.717, 1.165) is 25.7 Å². The number of ether oxygens (including phenoxy) is 1. The smallest absolute Gasteiger partial charge is 0.273 e. The molecule has 0 aliphatic carbocycles. The summed E-state index contributed by atoms with van der Waals surface area (Å²) >= 11 is 6.53. The summed E-state index contributed by atoms with van der Waals surface area (Å²) in [5.41, 5.74) is 1.53. The number of thiazole rings is 1.